The van der Waals surface area contributed by atoms with Crippen molar-refractivity contribution in [3.05, 3.63) is 0 Å². The van der Waals surface area contributed by atoms with Gasteiger partial charge in [0.2, 0.25) is 17.6 Å². The number of likely N-dealkylation sites (tertiary alicyclic amines) is 1. The lowest BCUT2D eigenvalue weighted by Gasteiger charge is -2.38. The van der Waals surface area contributed by atoms with E-state index < -0.39 is 127 Å². The minimum absolute atomic E-state index is 0.676. The predicted molar refractivity (Wildman–Crippen MR) is 139 cm³/mol. The molecule has 0 radical (unpaired) electrons. The molecule has 1 aliphatic heterocycles. The van der Waals surface area contributed by atoms with Gasteiger partial charge in [0.05, 0.1) is 7.39 Å². The maximum atomic E-state index is 14.4. The number of fused-ring (bicyclic) bond motifs is 1. The smallest absolute Gasteiger partial charge is 0.315 e. The van der Waals surface area contributed by atoms with E-state index in [1.807, 2.05) is 0 Å². The van der Waals surface area contributed by atoms with Crippen molar-refractivity contribution in [2.24, 2.45) is 34.3 Å². The molecule has 10 heteroatoms. The quantitative estimate of drug-likeness (QED) is 0.349. The Morgan fingerprint density at radius 2 is 1.78 bits per heavy atom. The van der Waals surface area contributed by atoms with E-state index >= 15 is 0 Å². The first-order chi connectivity index (χ1) is 23.1. The van der Waals surface area contributed by atoms with E-state index in [4.69, 9.17) is 27.7 Å². The van der Waals surface area contributed by atoms with Crippen molar-refractivity contribution in [1.29, 1.82) is 0 Å². The summed E-state index contributed by atoms with van der Waals surface area (Å²) in [5, 5.41) is 6.59. The Bertz CT molecular complexity index is 1550. The molecule has 37 heavy (non-hydrogen) atoms. The molecule has 1 heterocycles. The lowest BCUT2D eigenvalue weighted by atomic mass is 9.80. The molecule has 0 bridgehead atoms. The number of nitrogens with zero attached hydrogens (tertiary/aromatic N) is 1. The number of hydrogen-bond donors (Lipinski definition) is 4. The van der Waals surface area contributed by atoms with Gasteiger partial charge in [0.15, 0.2) is 0 Å². The molecule has 2 saturated carbocycles. The molecule has 3 aliphatic rings. The molecular weight excluding hydrogens is 474 g/mol. The lowest BCUT2D eigenvalue weighted by molar-refractivity contribution is -0.145. The second-order valence-electron chi connectivity index (χ2n) is 11.5. The summed E-state index contributed by atoms with van der Waals surface area (Å²) in [5.74, 6) is -14.9. The number of piperidine rings is 1. The number of urea groups is 1. The third-order valence-corrected chi connectivity index (χ3v) is 6.26. The van der Waals surface area contributed by atoms with Crippen LogP contribution in [0.1, 0.15) is 103 Å². The standard InChI is InChI=1S/C27H45N5O5/c1-25(2,3)20(30-24(37)31-26(4,5)6)23(36)32-13-15-17(27(15,7)8)18(32)22(35)29-16(19(33)21(28)34)12-14-10-9-11-14/h14-18,20H,9-13H2,1-8H3,(H2,28,34)(H,29,35)(H2,30,31,37)/t15-,16+,17-,18-,20+/m0/s1/i7D3,8D3,9D2,10D2,11D2,12D2,14D,16D. The first-order valence-corrected chi connectivity index (χ1v) is 11.7. The number of primary amides is 1. The maximum absolute atomic E-state index is 14.4. The van der Waals surface area contributed by atoms with E-state index in [9.17, 15) is 24.0 Å². The second-order valence-corrected chi connectivity index (χ2v) is 11.5. The van der Waals surface area contributed by atoms with Crippen LogP contribution in [0.3, 0.4) is 0 Å². The van der Waals surface area contributed by atoms with Gasteiger partial charge in [-0.05, 0) is 55.7 Å². The number of Topliss-reactive ketones (excluding diaryl/α,β-unsaturated/α-hetero) is 1. The molecule has 208 valence electrons. The normalized spacial score (nSPS) is 39.5. The average Bonchev–Trinajstić information content (AvgIpc) is 3.46. The van der Waals surface area contributed by atoms with Gasteiger partial charge in [0.25, 0.3) is 5.91 Å². The number of amides is 5. The number of carbonyl (C=O) groups excluding carboxylic acids is 5. The minimum atomic E-state index is -4.39. The Morgan fingerprint density at radius 1 is 1.16 bits per heavy atom. The van der Waals surface area contributed by atoms with Gasteiger partial charge in [-0.15, -0.1) is 0 Å². The summed E-state index contributed by atoms with van der Waals surface area (Å²) in [5.41, 5.74) is 0.408. The van der Waals surface area contributed by atoms with E-state index in [0.29, 0.717) is 4.90 Å². The van der Waals surface area contributed by atoms with Crippen LogP contribution in [0.25, 0.3) is 0 Å². The van der Waals surface area contributed by atoms with Gasteiger partial charge >= 0.3 is 6.03 Å². The van der Waals surface area contributed by atoms with Gasteiger partial charge in [0, 0.05) is 32.6 Å². The Morgan fingerprint density at radius 3 is 2.30 bits per heavy atom. The first-order valence-electron chi connectivity index (χ1n) is 19.7. The Kier molecular flexibility index (Phi) is 3.73. The summed E-state index contributed by atoms with van der Waals surface area (Å²) in [6, 6.07) is -8.95. The second kappa shape index (κ2) is 9.91. The number of nitrogens with two attached hydrogens (primary N) is 1. The van der Waals surface area contributed by atoms with Gasteiger partial charge < -0.3 is 26.6 Å². The van der Waals surface area contributed by atoms with Crippen molar-refractivity contribution in [2.75, 3.05) is 6.54 Å². The Hall–Kier alpha value is -2.65. The zero-order valence-corrected chi connectivity index (χ0v) is 21.6. The fourth-order valence-corrected chi connectivity index (χ4v) is 4.37. The molecule has 1 saturated heterocycles. The number of ketones is 1. The van der Waals surface area contributed by atoms with E-state index in [2.05, 4.69) is 10.6 Å². The van der Waals surface area contributed by atoms with Crippen molar-refractivity contribution >= 4 is 29.5 Å². The molecule has 5 atom stereocenters. The average molecular weight is 536 g/mol. The van der Waals surface area contributed by atoms with E-state index in [1.165, 1.54) is 26.1 Å². The van der Waals surface area contributed by atoms with Crippen LogP contribution in [0, 0.1) is 28.6 Å². The van der Waals surface area contributed by atoms with Gasteiger partial charge in [-0.1, -0.05) is 53.6 Å². The van der Waals surface area contributed by atoms with Crippen LogP contribution in [0.4, 0.5) is 4.79 Å². The highest BCUT2D eigenvalue weighted by molar-refractivity contribution is 6.37. The highest BCUT2D eigenvalue weighted by Crippen LogP contribution is 2.65. The van der Waals surface area contributed by atoms with Crippen LogP contribution in [-0.2, 0) is 19.2 Å². The molecule has 3 fully saturated rings. The van der Waals surface area contributed by atoms with E-state index in [0.717, 1.165) is 0 Å². The van der Waals surface area contributed by atoms with E-state index in [-0.39, 0.29) is 0 Å². The first kappa shape index (κ1) is 13.9. The van der Waals surface area contributed by atoms with Crippen molar-refractivity contribution in [1.82, 2.24) is 20.9 Å². The summed E-state index contributed by atoms with van der Waals surface area (Å²) in [4.78, 5) is 67.9. The minimum Gasteiger partial charge on any atom is -0.363 e. The number of rotatable bonds is 8. The van der Waals surface area contributed by atoms with Crippen LogP contribution in [0.2, 0.25) is 0 Å². The molecule has 10 nitrogen and oxygen atoms in total. The summed E-state index contributed by atoms with van der Waals surface area (Å²) in [6.07, 6.45) is -15.7. The molecule has 0 unspecified atom stereocenters. The van der Waals surface area contributed by atoms with Crippen LogP contribution in [-0.4, -0.2) is 64.6 Å². The lowest BCUT2D eigenvalue weighted by Crippen LogP contribution is -2.62. The monoisotopic (exact) mass is 535 g/mol. The van der Waals surface area contributed by atoms with Crippen LogP contribution < -0.4 is 21.7 Å². The summed E-state index contributed by atoms with van der Waals surface area (Å²) in [7, 11) is 0. The van der Waals surface area contributed by atoms with E-state index in [1.54, 1.807) is 20.8 Å². The molecule has 2 aliphatic carbocycles. The molecule has 3 rings (SSSR count). The Balaban J connectivity index is 2.26. The molecule has 0 aromatic rings. The van der Waals surface area contributed by atoms with Gasteiger partial charge in [0.1, 0.15) is 12.1 Å². The van der Waals surface area contributed by atoms with Gasteiger partial charge in [-0.2, -0.15) is 0 Å². The summed E-state index contributed by atoms with van der Waals surface area (Å²) in [6.45, 7) is 1.97. The zero-order valence-electron chi connectivity index (χ0n) is 37.6. The predicted octanol–water partition coefficient (Wildman–Crippen LogP) is 1.71. The molecule has 5 amide bonds. The van der Waals surface area contributed by atoms with Gasteiger partial charge in [-0.3, -0.25) is 19.2 Å². The highest BCUT2D eigenvalue weighted by Gasteiger charge is 2.70. The highest BCUT2D eigenvalue weighted by atomic mass is 16.2. The molecule has 0 aromatic carbocycles. The third kappa shape index (κ3) is 6.26. The summed E-state index contributed by atoms with van der Waals surface area (Å²) >= 11 is 0. The number of hydrogen-bond acceptors (Lipinski definition) is 5. The zero-order chi connectivity index (χ0) is 42.1. The third-order valence-electron chi connectivity index (χ3n) is 6.26. The fourth-order valence-electron chi connectivity index (χ4n) is 4.37. The number of carbonyl (C=O) groups is 5. The van der Waals surface area contributed by atoms with Crippen molar-refractivity contribution < 1.29 is 45.9 Å². The summed E-state index contributed by atoms with van der Waals surface area (Å²) < 4.78 is 132. The largest absolute Gasteiger partial charge is 0.363 e. The molecule has 0 aromatic heterocycles. The fraction of sp³-hybridized carbons (Fsp3) is 0.815. The topological polar surface area (TPSA) is 151 Å². The van der Waals surface area contributed by atoms with Crippen LogP contribution in [0.5, 0.6) is 0 Å². The van der Waals surface area contributed by atoms with Crippen LogP contribution >= 0.6 is 0 Å². The number of nitrogens with one attached hydrogen (secondary N) is 3. The van der Waals surface area contributed by atoms with Crippen molar-refractivity contribution in [3.8, 4) is 0 Å². The van der Waals surface area contributed by atoms with Crippen molar-refractivity contribution in [3.63, 3.8) is 0 Å². The van der Waals surface area contributed by atoms with Crippen molar-refractivity contribution in [2.45, 2.75) is 104 Å². The van der Waals surface area contributed by atoms with Gasteiger partial charge in [-0.25, -0.2) is 4.79 Å². The molecular formula is C27H45N5O5. The maximum Gasteiger partial charge on any atom is 0.315 e. The Labute approximate surface area is 242 Å². The SMILES string of the molecule is [2H]C([2H])([2H])C1(C([2H])([2H])[2H])[C@@H]2[C@@H](C(=O)N[C@@]([2H])(C(=O)C(N)=O)C([2H])([2H])C3([2H])C([2H])([2H])C([2H])([2H])C3([2H])[2H])N(C(=O)[C@@H](NC(=O)NC(C)(C)C)C(C)(C)C)C[C@@H]21. The molecule has 5 N–H and O–H groups in total. The molecule has 0 spiro atoms. The van der Waals surface area contributed by atoms with Crippen LogP contribution in [0.15, 0.2) is 0 Å².